The first-order valence-electron chi connectivity index (χ1n) is 11.1. The van der Waals surface area contributed by atoms with Gasteiger partial charge in [-0.05, 0) is 38.5 Å². The Morgan fingerprint density at radius 1 is 1.13 bits per heavy atom. The Kier molecular flexibility index (Phi) is 4.22. The molecule has 6 rings (SSSR count). The first-order chi connectivity index (χ1) is 15.1. The molecule has 9 nitrogen and oxygen atoms in total. The molecular weight excluding hydrogens is 399 g/mol. The molecule has 2 saturated heterocycles. The third-order valence-electron chi connectivity index (χ3n) is 6.85. The molecule has 10 heteroatoms. The normalized spacial score (nSPS) is 22.9. The molecule has 1 N–H and O–H groups in total. The number of amides is 1. The van der Waals surface area contributed by atoms with E-state index in [1.54, 1.807) is 10.9 Å². The number of hydrogen-bond donors (Lipinski definition) is 1. The van der Waals surface area contributed by atoms with Crippen LogP contribution in [0.3, 0.4) is 0 Å². The zero-order chi connectivity index (χ0) is 21.0. The van der Waals surface area contributed by atoms with Gasteiger partial charge in [-0.3, -0.25) is 9.48 Å². The molecule has 1 amide bonds. The number of imidazole rings is 1. The van der Waals surface area contributed by atoms with E-state index in [1.807, 2.05) is 4.90 Å². The van der Waals surface area contributed by atoms with E-state index in [1.165, 1.54) is 12.4 Å². The molecule has 1 unspecified atom stereocenters. The van der Waals surface area contributed by atoms with Crippen molar-refractivity contribution in [1.29, 1.82) is 0 Å². The first kappa shape index (κ1) is 18.7. The smallest absolute Gasteiger partial charge is 0.227 e. The fourth-order valence-corrected chi connectivity index (χ4v) is 4.96. The van der Waals surface area contributed by atoms with Gasteiger partial charge in [-0.15, -0.1) is 0 Å². The maximum Gasteiger partial charge on any atom is 0.227 e. The molecule has 3 aliphatic rings. The second kappa shape index (κ2) is 7.00. The lowest BCUT2D eigenvalue weighted by Gasteiger charge is -2.33. The van der Waals surface area contributed by atoms with Crippen molar-refractivity contribution in [1.82, 2.24) is 34.6 Å². The van der Waals surface area contributed by atoms with Gasteiger partial charge in [-0.1, -0.05) is 0 Å². The van der Waals surface area contributed by atoms with Crippen molar-refractivity contribution in [3.05, 3.63) is 30.2 Å². The number of carbonyl (C=O) groups excluding carboxylic acids is 1. The minimum atomic E-state index is -0.427. The average Bonchev–Trinajstić information content (AvgIpc) is 3.18. The van der Waals surface area contributed by atoms with Gasteiger partial charge in [0.2, 0.25) is 11.9 Å². The van der Waals surface area contributed by atoms with Crippen LogP contribution >= 0.6 is 0 Å². The lowest BCUT2D eigenvalue weighted by molar-refractivity contribution is -0.134. The van der Waals surface area contributed by atoms with Crippen molar-refractivity contribution in [3.8, 4) is 0 Å². The maximum atomic E-state index is 13.5. The molecule has 3 fully saturated rings. The fourth-order valence-electron chi connectivity index (χ4n) is 4.96. The number of hydrogen-bond acceptors (Lipinski definition) is 6. The minimum Gasteiger partial charge on any atom is -0.342 e. The summed E-state index contributed by atoms with van der Waals surface area (Å²) in [5.41, 5.74) is 0.912. The molecule has 2 aliphatic heterocycles. The summed E-state index contributed by atoms with van der Waals surface area (Å²) in [7, 11) is 0. The van der Waals surface area contributed by atoms with E-state index in [9.17, 15) is 9.18 Å². The average molecular weight is 424 g/mol. The molecule has 0 bridgehead atoms. The van der Waals surface area contributed by atoms with Gasteiger partial charge >= 0.3 is 0 Å². The van der Waals surface area contributed by atoms with Gasteiger partial charge in [-0.2, -0.15) is 10.1 Å². The molecular formula is C21H25FN8O. The molecule has 0 aromatic carbocycles. The number of carbonyl (C=O) groups is 1. The first-order valence-corrected chi connectivity index (χ1v) is 11.1. The number of rotatable bonds is 4. The highest BCUT2D eigenvalue weighted by molar-refractivity contribution is 5.80. The third kappa shape index (κ3) is 3.16. The Morgan fingerprint density at radius 2 is 1.97 bits per heavy atom. The third-order valence-corrected chi connectivity index (χ3v) is 6.85. The van der Waals surface area contributed by atoms with Crippen LogP contribution in [-0.2, 0) is 10.3 Å². The van der Waals surface area contributed by atoms with E-state index in [0.29, 0.717) is 18.1 Å². The lowest BCUT2D eigenvalue weighted by Crippen LogP contribution is -2.44. The number of nitrogens with one attached hydrogen (secondary N) is 1. The minimum absolute atomic E-state index is 0.00494. The molecule has 0 radical (unpaired) electrons. The monoisotopic (exact) mass is 424 g/mol. The van der Waals surface area contributed by atoms with Crippen molar-refractivity contribution < 1.29 is 9.18 Å². The van der Waals surface area contributed by atoms with Crippen LogP contribution in [0.2, 0.25) is 0 Å². The van der Waals surface area contributed by atoms with Crippen molar-refractivity contribution in [2.24, 2.45) is 5.92 Å². The number of H-pyrrole nitrogens is 1. The van der Waals surface area contributed by atoms with E-state index < -0.39 is 5.54 Å². The summed E-state index contributed by atoms with van der Waals surface area (Å²) in [6, 6.07) is 0. The Labute approximate surface area is 178 Å². The largest absolute Gasteiger partial charge is 0.342 e. The van der Waals surface area contributed by atoms with Crippen LogP contribution in [-0.4, -0.2) is 66.7 Å². The van der Waals surface area contributed by atoms with Crippen LogP contribution in [0.4, 0.5) is 10.3 Å². The summed E-state index contributed by atoms with van der Waals surface area (Å²) in [6.45, 7) is 3.25. The van der Waals surface area contributed by atoms with Crippen molar-refractivity contribution >= 4 is 23.0 Å². The van der Waals surface area contributed by atoms with Gasteiger partial charge in [0.05, 0.1) is 24.5 Å². The van der Waals surface area contributed by atoms with E-state index in [2.05, 4.69) is 20.0 Å². The number of likely N-dealkylation sites (tertiary alicyclic amines) is 1. The molecule has 0 spiro atoms. The molecule has 3 aromatic rings. The van der Waals surface area contributed by atoms with Crippen molar-refractivity contribution in [2.75, 3.05) is 31.1 Å². The van der Waals surface area contributed by atoms with Gasteiger partial charge in [-0.25, -0.2) is 14.4 Å². The Bertz CT molecular complexity index is 1130. The summed E-state index contributed by atoms with van der Waals surface area (Å²) in [4.78, 5) is 34.2. The second-order valence-corrected chi connectivity index (χ2v) is 8.94. The molecule has 31 heavy (non-hydrogen) atoms. The number of halogens is 1. The Morgan fingerprint density at radius 3 is 2.71 bits per heavy atom. The van der Waals surface area contributed by atoms with Crippen molar-refractivity contribution in [2.45, 2.75) is 44.1 Å². The van der Waals surface area contributed by atoms with Crippen LogP contribution < -0.4 is 4.90 Å². The molecule has 3 aromatic heterocycles. The number of aromatic nitrogens is 6. The van der Waals surface area contributed by atoms with Crippen LogP contribution in [0.15, 0.2) is 18.6 Å². The fraction of sp³-hybridized carbons (Fsp3) is 0.571. The molecule has 162 valence electrons. The zero-order valence-corrected chi connectivity index (χ0v) is 17.3. The summed E-state index contributed by atoms with van der Waals surface area (Å²) >= 11 is 0. The summed E-state index contributed by atoms with van der Waals surface area (Å²) < 4.78 is 15.1. The molecule has 5 heterocycles. The van der Waals surface area contributed by atoms with Gasteiger partial charge in [0.1, 0.15) is 16.9 Å². The lowest BCUT2D eigenvalue weighted by atomic mass is 9.97. The van der Waals surface area contributed by atoms with Gasteiger partial charge in [0.15, 0.2) is 11.5 Å². The second-order valence-electron chi connectivity index (χ2n) is 8.94. The molecule has 1 aliphatic carbocycles. The predicted octanol–water partition coefficient (Wildman–Crippen LogP) is 2.06. The Hall–Kier alpha value is -3.04. The van der Waals surface area contributed by atoms with E-state index in [0.717, 1.165) is 69.5 Å². The number of aromatic amines is 1. The highest BCUT2D eigenvalue weighted by Crippen LogP contribution is 2.48. The zero-order valence-electron chi connectivity index (χ0n) is 17.3. The van der Waals surface area contributed by atoms with Gasteiger partial charge in [0, 0.05) is 26.2 Å². The summed E-state index contributed by atoms with van der Waals surface area (Å²) in [6.07, 6.45) is 10.2. The number of piperidine rings is 1. The highest BCUT2D eigenvalue weighted by Gasteiger charge is 2.50. The quantitative estimate of drug-likeness (QED) is 0.689. The number of nitrogens with zero attached hydrogens (tertiary/aromatic N) is 7. The highest BCUT2D eigenvalue weighted by atomic mass is 19.1. The number of fused-ring (bicyclic) bond motifs is 1. The van der Waals surface area contributed by atoms with Crippen LogP contribution in [0.1, 0.15) is 44.3 Å². The SMILES string of the molecule is O=C(C1CCCN(c2ncc3[nH]c(C4(n5cc(F)cn5)CC4)nc3n2)C1)N1CCCC1. The predicted molar refractivity (Wildman–Crippen MR) is 111 cm³/mol. The summed E-state index contributed by atoms with van der Waals surface area (Å²) in [5.74, 6) is 1.27. The van der Waals surface area contributed by atoms with E-state index in [4.69, 9.17) is 9.97 Å². The standard InChI is InChI=1S/C21H25FN8O/c22-15-10-24-30(13-15)21(5-6-21)19-25-16-11-23-20(27-17(16)26-19)29-9-3-4-14(12-29)18(31)28-7-1-2-8-28/h10-11,13-14H,1-9,12H2,(H,23,25,26,27). The summed E-state index contributed by atoms with van der Waals surface area (Å²) in [5, 5.41) is 4.15. The van der Waals surface area contributed by atoms with E-state index in [-0.39, 0.29) is 17.6 Å². The van der Waals surface area contributed by atoms with Gasteiger partial charge in [0.25, 0.3) is 0 Å². The molecule has 1 saturated carbocycles. The number of anilines is 1. The molecule has 1 atom stereocenters. The maximum absolute atomic E-state index is 13.5. The topological polar surface area (TPSA) is 95.8 Å². The van der Waals surface area contributed by atoms with E-state index >= 15 is 0 Å². The van der Waals surface area contributed by atoms with Crippen LogP contribution in [0.5, 0.6) is 0 Å². The van der Waals surface area contributed by atoms with Crippen LogP contribution in [0.25, 0.3) is 11.2 Å². The Balaban J connectivity index is 1.24. The van der Waals surface area contributed by atoms with Crippen LogP contribution in [0, 0.1) is 11.7 Å². The van der Waals surface area contributed by atoms with Gasteiger partial charge < -0.3 is 14.8 Å². The van der Waals surface area contributed by atoms with Crippen molar-refractivity contribution in [3.63, 3.8) is 0 Å².